The van der Waals surface area contributed by atoms with Crippen molar-refractivity contribution < 1.29 is 24.2 Å². The van der Waals surface area contributed by atoms with Crippen LogP contribution in [0.25, 0.3) is 0 Å². The average Bonchev–Trinajstić information content (AvgIpc) is 2.77. The highest BCUT2D eigenvalue weighted by Gasteiger charge is 2.30. The van der Waals surface area contributed by atoms with Gasteiger partial charge in [-0.05, 0) is 49.2 Å². The molecule has 0 aromatic heterocycles. The second-order valence-electron chi connectivity index (χ2n) is 6.79. The first-order valence-electron chi connectivity index (χ1n) is 9.74. The lowest BCUT2D eigenvalue weighted by atomic mass is 9.96. The Labute approximate surface area is 185 Å². The minimum Gasteiger partial charge on any atom is -0.497 e. The molecule has 0 bridgehead atoms. The topological polar surface area (TPSA) is 97.2 Å². The molecule has 0 radical (unpaired) electrons. The van der Waals surface area contributed by atoms with Gasteiger partial charge in [0.2, 0.25) is 0 Å². The minimum atomic E-state index is -0.953. The first-order chi connectivity index (χ1) is 14.9. The maximum atomic E-state index is 12.6. The van der Waals surface area contributed by atoms with Crippen LogP contribution in [0.1, 0.15) is 41.4 Å². The largest absolute Gasteiger partial charge is 0.497 e. The molecule has 0 unspecified atom stereocenters. The Kier molecular flexibility index (Phi) is 7.36. The van der Waals surface area contributed by atoms with Gasteiger partial charge in [-0.1, -0.05) is 36.0 Å². The van der Waals surface area contributed by atoms with Crippen molar-refractivity contribution in [2.45, 2.75) is 25.6 Å². The molecule has 162 valence electrons. The quantitative estimate of drug-likeness (QED) is 0.624. The minimum absolute atomic E-state index is 0.248. The summed E-state index contributed by atoms with van der Waals surface area (Å²) in [6.45, 7) is 3.87. The number of nitrogens with zero attached hydrogens (tertiary/aromatic N) is 1. The van der Waals surface area contributed by atoms with Gasteiger partial charge in [0.1, 0.15) is 11.8 Å². The SMILES string of the molecule is CCOC(=O)C1=C(C)NC(SCc2ccc(C(=O)O)cc2)=N[C@@H]1c1cccc(OC)c1. The number of nitrogens with one attached hydrogen (secondary N) is 1. The number of carboxylic acid groups (broad SMARTS) is 1. The van der Waals surface area contributed by atoms with Gasteiger partial charge in [-0.3, -0.25) is 0 Å². The van der Waals surface area contributed by atoms with Crippen LogP contribution in [0.15, 0.2) is 64.8 Å². The van der Waals surface area contributed by atoms with Crippen molar-refractivity contribution in [2.75, 3.05) is 13.7 Å². The zero-order valence-electron chi connectivity index (χ0n) is 17.5. The number of amidine groups is 1. The van der Waals surface area contributed by atoms with Gasteiger partial charge in [0.15, 0.2) is 5.17 Å². The molecule has 3 rings (SSSR count). The highest BCUT2D eigenvalue weighted by molar-refractivity contribution is 8.13. The second-order valence-corrected chi connectivity index (χ2v) is 7.75. The van der Waals surface area contributed by atoms with Gasteiger partial charge in [0.05, 0.1) is 24.9 Å². The predicted molar refractivity (Wildman–Crippen MR) is 120 cm³/mol. The summed E-state index contributed by atoms with van der Waals surface area (Å²) in [4.78, 5) is 28.4. The molecule has 31 heavy (non-hydrogen) atoms. The normalized spacial score (nSPS) is 15.7. The van der Waals surface area contributed by atoms with Crippen LogP contribution in [0, 0.1) is 0 Å². The Morgan fingerprint density at radius 1 is 1.19 bits per heavy atom. The number of methoxy groups -OCH3 is 1. The van der Waals surface area contributed by atoms with E-state index in [4.69, 9.17) is 19.6 Å². The third kappa shape index (κ3) is 5.46. The molecular formula is C23H24N2O5S. The molecule has 7 nitrogen and oxygen atoms in total. The van der Waals surface area contributed by atoms with E-state index >= 15 is 0 Å². The summed E-state index contributed by atoms with van der Waals surface area (Å²) in [6, 6.07) is 13.7. The highest BCUT2D eigenvalue weighted by atomic mass is 32.2. The lowest BCUT2D eigenvalue weighted by molar-refractivity contribution is -0.138. The van der Waals surface area contributed by atoms with Crippen LogP contribution in [0.2, 0.25) is 0 Å². The van der Waals surface area contributed by atoms with E-state index in [0.717, 1.165) is 11.1 Å². The van der Waals surface area contributed by atoms with E-state index in [1.165, 1.54) is 11.8 Å². The lowest BCUT2D eigenvalue weighted by Gasteiger charge is -2.26. The number of ether oxygens (including phenoxy) is 2. The third-order valence-corrected chi connectivity index (χ3v) is 5.66. The van der Waals surface area contributed by atoms with Crippen LogP contribution < -0.4 is 10.1 Å². The van der Waals surface area contributed by atoms with E-state index in [2.05, 4.69) is 5.32 Å². The van der Waals surface area contributed by atoms with E-state index in [1.54, 1.807) is 38.3 Å². The fraction of sp³-hybridized carbons (Fsp3) is 0.261. The van der Waals surface area contributed by atoms with Crippen molar-refractivity contribution in [1.82, 2.24) is 5.32 Å². The van der Waals surface area contributed by atoms with Crippen LogP contribution in [-0.4, -0.2) is 35.9 Å². The molecule has 0 spiro atoms. The van der Waals surface area contributed by atoms with E-state index in [9.17, 15) is 9.59 Å². The number of allylic oxidation sites excluding steroid dienone is 1. The number of aromatic carboxylic acids is 1. The fourth-order valence-electron chi connectivity index (χ4n) is 3.14. The van der Waals surface area contributed by atoms with E-state index in [-0.39, 0.29) is 12.2 Å². The van der Waals surface area contributed by atoms with Crippen LogP contribution in [0.5, 0.6) is 5.75 Å². The van der Waals surface area contributed by atoms with Crippen molar-refractivity contribution in [3.8, 4) is 5.75 Å². The molecule has 1 heterocycles. The van der Waals surface area contributed by atoms with Gasteiger partial charge >= 0.3 is 11.9 Å². The standard InChI is InChI=1S/C23H24N2O5S/c1-4-30-22(28)19-14(2)24-23(25-20(19)17-6-5-7-18(12-17)29-3)31-13-15-8-10-16(11-9-15)21(26)27/h5-12,20H,4,13H2,1-3H3,(H,24,25)(H,26,27)/t20-/m1/s1. The molecule has 1 atom stereocenters. The molecule has 8 heteroatoms. The van der Waals surface area contributed by atoms with Gasteiger partial charge in [-0.15, -0.1) is 0 Å². The number of carbonyl (C=O) groups is 2. The zero-order chi connectivity index (χ0) is 22.4. The predicted octanol–water partition coefficient (Wildman–Crippen LogP) is 4.16. The van der Waals surface area contributed by atoms with Crippen LogP contribution in [-0.2, 0) is 15.3 Å². The molecule has 0 aliphatic carbocycles. The van der Waals surface area contributed by atoms with Crippen LogP contribution in [0.3, 0.4) is 0 Å². The maximum absolute atomic E-state index is 12.6. The van der Waals surface area contributed by atoms with E-state index in [1.807, 2.05) is 31.2 Å². The number of esters is 1. The van der Waals surface area contributed by atoms with Crippen molar-refractivity contribution in [3.05, 3.63) is 76.5 Å². The van der Waals surface area contributed by atoms with Crippen molar-refractivity contribution >= 4 is 28.9 Å². The van der Waals surface area contributed by atoms with Crippen LogP contribution >= 0.6 is 11.8 Å². The molecule has 2 aromatic rings. The number of hydrogen-bond acceptors (Lipinski definition) is 7. The summed E-state index contributed by atoms with van der Waals surface area (Å²) < 4.78 is 10.6. The number of aliphatic imine (C=N–C) groups is 1. The Morgan fingerprint density at radius 2 is 1.94 bits per heavy atom. The lowest BCUT2D eigenvalue weighted by Crippen LogP contribution is -2.30. The monoisotopic (exact) mass is 440 g/mol. The number of carboxylic acids is 1. The molecule has 1 aliphatic rings. The number of carbonyl (C=O) groups excluding carboxylic acids is 1. The Morgan fingerprint density at radius 3 is 2.58 bits per heavy atom. The number of thioether (sulfide) groups is 1. The molecule has 0 saturated heterocycles. The molecule has 2 N–H and O–H groups in total. The maximum Gasteiger partial charge on any atom is 0.338 e. The number of hydrogen-bond donors (Lipinski definition) is 2. The fourth-order valence-corrected chi connectivity index (χ4v) is 4.04. The van der Waals surface area contributed by atoms with Crippen molar-refractivity contribution in [1.29, 1.82) is 0 Å². The van der Waals surface area contributed by atoms with Gasteiger partial charge < -0.3 is 19.9 Å². The third-order valence-electron chi connectivity index (χ3n) is 4.70. The Bertz CT molecular complexity index is 1030. The summed E-state index contributed by atoms with van der Waals surface area (Å²) in [6.07, 6.45) is 0. The first kappa shape index (κ1) is 22.4. The number of benzene rings is 2. The summed E-state index contributed by atoms with van der Waals surface area (Å²) in [5, 5.41) is 12.9. The Balaban J connectivity index is 1.86. The summed E-state index contributed by atoms with van der Waals surface area (Å²) in [5.74, 6) is -0.0819. The molecule has 0 saturated carbocycles. The summed E-state index contributed by atoms with van der Waals surface area (Å²) in [7, 11) is 1.59. The molecule has 1 aliphatic heterocycles. The van der Waals surface area contributed by atoms with E-state index in [0.29, 0.717) is 27.9 Å². The first-order valence-corrected chi connectivity index (χ1v) is 10.7. The van der Waals surface area contributed by atoms with Crippen molar-refractivity contribution in [2.24, 2.45) is 4.99 Å². The van der Waals surface area contributed by atoms with Gasteiger partial charge in [-0.2, -0.15) is 0 Å². The second kappa shape index (κ2) is 10.2. The van der Waals surface area contributed by atoms with Crippen molar-refractivity contribution in [3.63, 3.8) is 0 Å². The highest BCUT2D eigenvalue weighted by Crippen LogP contribution is 2.34. The van der Waals surface area contributed by atoms with E-state index < -0.39 is 18.0 Å². The average molecular weight is 441 g/mol. The smallest absolute Gasteiger partial charge is 0.338 e. The summed E-state index contributed by atoms with van der Waals surface area (Å²) in [5.41, 5.74) is 3.19. The molecular weight excluding hydrogens is 416 g/mol. The van der Waals surface area contributed by atoms with Gasteiger partial charge in [0, 0.05) is 11.4 Å². The summed E-state index contributed by atoms with van der Waals surface area (Å²) >= 11 is 1.48. The Hall–Kier alpha value is -3.26. The molecule has 0 fully saturated rings. The van der Waals surface area contributed by atoms with Gasteiger partial charge in [0.25, 0.3) is 0 Å². The van der Waals surface area contributed by atoms with Gasteiger partial charge in [-0.25, -0.2) is 14.6 Å². The molecule has 0 amide bonds. The number of rotatable bonds is 7. The molecule has 2 aromatic carbocycles. The van der Waals surface area contributed by atoms with Crippen LogP contribution in [0.4, 0.5) is 0 Å². The zero-order valence-corrected chi connectivity index (χ0v) is 18.4.